The molecule has 2 rings (SSSR count). The second kappa shape index (κ2) is 5.71. The monoisotopic (exact) mass is 232 g/mol. The molecule has 0 saturated heterocycles. The van der Waals surface area contributed by atoms with Crippen LogP contribution in [0.1, 0.15) is 37.7 Å². The van der Waals surface area contributed by atoms with E-state index in [2.05, 4.69) is 29.7 Å². The van der Waals surface area contributed by atoms with Gasteiger partial charge in [-0.25, -0.2) is 4.79 Å². The minimum absolute atomic E-state index is 0.0301. The molecule has 0 aromatic heterocycles. The fourth-order valence-corrected chi connectivity index (χ4v) is 1.93. The molecule has 3 heteroatoms. The SMILES string of the molecule is CC(CNC(=O)NC1CCC1)c1ccccc1. The van der Waals surface area contributed by atoms with Crippen LogP contribution in [0.5, 0.6) is 0 Å². The maximum absolute atomic E-state index is 11.6. The van der Waals surface area contributed by atoms with Gasteiger partial charge in [0, 0.05) is 12.6 Å². The van der Waals surface area contributed by atoms with Crippen LogP contribution in [-0.4, -0.2) is 18.6 Å². The van der Waals surface area contributed by atoms with Crippen LogP contribution in [-0.2, 0) is 0 Å². The molecule has 0 bridgehead atoms. The zero-order chi connectivity index (χ0) is 12.1. The summed E-state index contributed by atoms with van der Waals surface area (Å²) in [5.74, 6) is 0.350. The van der Waals surface area contributed by atoms with E-state index in [1.807, 2.05) is 18.2 Å². The molecule has 3 nitrogen and oxygen atoms in total. The largest absolute Gasteiger partial charge is 0.338 e. The van der Waals surface area contributed by atoms with Crippen molar-refractivity contribution in [1.29, 1.82) is 0 Å². The third kappa shape index (κ3) is 3.48. The summed E-state index contributed by atoms with van der Waals surface area (Å²) in [7, 11) is 0. The van der Waals surface area contributed by atoms with Crippen molar-refractivity contribution >= 4 is 6.03 Å². The lowest BCUT2D eigenvalue weighted by Gasteiger charge is -2.26. The maximum Gasteiger partial charge on any atom is 0.315 e. The minimum Gasteiger partial charge on any atom is -0.338 e. The third-order valence-electron chi connectivity index (χ3n) is 3.38. The number of hydrogen-bond acceptors (Lipinski definition) is 1. The van der Waals surface area contributed by atoms with Crippen LogP contribution < -0.4 is 10.6 Å². The Hall–Kier alpha value is -1.51. The number of urea groups is 1. The van der Waals surface area contributed by atoms with Gasteiger partial charge in [0.1, 0.15) is 0 Å². The molecule has 1 aromatic rings. The van der Waals surface area contributed by atoms with Crippen molar-refractivity contribution in [2.24, 2.45) is 0 Å². The van der Waals surface area contributed by atoms with E-state index in [0.717, 1.165) is 12.8 Å². The van der Waals surface area contributed by atoms with Crippen molar-refractivity contribution in [1.82, 2.24) is 10.6 Å². The van der Waals surface area contributed by atoms with Crippen LogP contribution >= 0.6 is 0 Å². The van der Waals surface area contributed by atoms with Gasteiger partial charge in [0.25, 0.3) is 0 Å². The number of nitrogens with one attached hydrogen (secondary N) is 2. The Morgan fingerprint density at radius 2 is 2.06 bits per heavy atom. The summed E-state index contributed by atoms with van der Waals surface area (Å²) >= 11 is 0. The van der Waals surface area contributed by atoms with Crippen molar-refractivity contribution in [3.05, 3.63) is 35.9 Å². The lowest BCUT2D eigenvalue weighted by Crippen LogP contribution is -2.45. The predicted molar refractivity (Wildman–Crippen MR) is 69.0 cm³/mol. The summed E-state index contributed by atoms with van der Waals surface area (Å²) in [6.45, 7) is 2.81. The van der Waals surface area contributed by atoms with E-state index in [1.54, 1.807) is 0 Å². The van der Waals surface area contributed by atoms with Crippen LogP contribution in [0, 0.1) is 0 Å². The highest BCUT2D eigenvalue weighted by Crippen LogP contribution is 2.17. The van der Waals surface area contributed by atoms with E-state index >= 15 is 0 Å². The van der Waals surface area contributed by atoms with Crippen molar-refractivity contribution in [2.75, 3.05) is 6.54 Å². The molecule has 1 fully saturated rings. The molecule has 2 amide bonds. The fraction of sp³-hybridized carbons (Fsp3) is 0.500. The van der Waals surface area contributed by atoms with Gasteiger partial charge in [-0.1, -0.05) is 37.3 Å². The molecule has 1 unspecified atom stereocenters. The predicted octanol–water partition coefficient (Wildman–Crippen LogP) is 2.64. The summed E-state index contributed by atoms with van der Waals surface area (Å²) in [5, 5.41) is 5.90. The third-order valence-corrected chi connectivity index (χ3v) is 3.38. The van der Waals surface area contributed by atoms with E-state index in [0.29, 0.717) is 18.5 Å². The average molecular weight is 232 g/mol. The highest BCUT2D eigenvalue weighted by atomic mass is 16.2. The Kier molecular flexibility index (Phi) is 4.02. The zero-order valence-electron chi connectivity index (χ0n) is 10.3. The van der Waals surface area contributed by atoms with E-state index in [-0.39, 0.29) is 6.03 Å². The number of carbonyl (C=O) groups excluding carboxylic acids is 1. The second-order valence-corrected chi connectivity index (χ2v) is 4.79. The van der Waals surface area contributed by atoms with E-state index in [4.69, 9.17) is 0 Å². The molecule has 2 N–H and O–H groups in total. The van der Waals surface area contributed by atoms with Gasteiger partial charge < -0.3 is 10.6 Å². The van der Waals surface area contributed by atoms with E-state index < -0.39 is 0 Å². The maximum atomic E-state index is 11.6. The molecule has 0 spiro atoms. The summed E-state index contributed by atoms with van der Waals surface area (Å²) in [4.78, 5) is 11.6. The number of amides is 2. The summed E-state index contributed by atoms with van der Waals surface area (Å²) < 4.78 is 0. The van der Waals surface area contributed by atoms with Gasteiger partial charge in [-0.2, -0.15) is 0 Å². The first kappa shape index (κ1) is 12.0. The molecule has 0 heterocycles. The standard InChI is InChI=1S/C14H20N2O/c1-11(12-6-3-2-4-7-12)10-15-14(17)16-13-8-5-9-13/h2-4,6-7,11,13H,5,8-10H2,1H3,(H2,15,16,17). The Morgan fingerprint density at radius 1 is 1.35 bits per heavy atom. The van der Waals surface area contributed by atoms with Crippen molar-refractivity contribution in [3.63, 3.8) is 0 Å². The topological polar surface area (TPSA) is 41.1 Å². The van der Waals surface area contributed by atoms with E-state index in [1.165, 1.54) is 12.0 Å². The van der Waals surface area contributed by atoms with Gasteiger partial charge in [-0.15, -0.1) is 0 Å². The Bertz CT molecular complexity index is 360. The van der Waals surface area contributed by atoms with Crippen molar-refractivity contribution in [2.45, 2.75) is 38.1 Å². The molecule has 1 aliphatic carbocycles. The highest BCUT2D eigenvalue weighted by molar-refractivity contribution is 5.74. The normalized spacial score (nSPS) is 17.0. The zero-order valence-corrected chi connectivity index (χ0v) is 10.3. The van der Waals surface area contributed by atoms with Gasteiger partial charge >= 0.3 is 6.03 Å². The van der Waals surface area contributed by atoms with Gasteiger partial charge in [0.15, 0.2) is 0 Å². The molecule has 92 valence electrons. The highest BCUT2D eigenvalue weighted by Gasteiger charge is 2.19. The van der Waals surface area contributed by atoms with Crippen LogP contribution in [0.3, 0.4) is 0 Å². The average Bonchev–Trinajstić information content (AvgIpc) is 2.32. The first-order valence-corrected chi connectivity index (χ1v) is 6.35. The first-order valence-electron chi connectivity index (χ1n) is 6.35. The second-order valence-electron chi connectivity index (χ2n) is 4.79. The Morgan fingerprint density at radius 3 is 2.65 bits per heavy atom. The number of rotatable bonds is 4. The van der Waals surface area contributed by atoms with Gasteiger partial charge in [-0.05, 0) is 30.7 Å². The Balaban J connectivity index is 1.72. The molecule has 1 saturated carbocycles. The van der Waals surface area contributed by atoms with Gasteiger partial charge in [0.2, 0.25) is 0 Å². The van der Waals surface area contributed by atoms with Crippen LogP contribution in [0.25, 0.3) is 0 Å². The lowest BCUT2D eigenvalue weighted by molar-refractivity contribution is 0.228. The number of hydrogen-bond donors (Lipinski definition) is 2. The summed E-state index contributed by atoms with van der Waals surface area (Å²) in [6.07, 6.45) is 3.49. The van der Waals surface area contributed by atoms with Crippen LogP contribution in [0.2, 0.25) is 0 Å². The van der Waals surface area contributed by atoms with E-state index in [9.17, 15) is 4.79 Å². The van der Waals surface area contributed by atoms with Crippen LogP contribution in [0.4, 0.5) is 4.79 Å². The molecule has 17 heavy (non-hydrogen) atoms. The lowest BCUT2D eigenvalue weighted by atomic mass is 9.93. The van der Waals surface area contributed by atoms with Crippen molar-refractivity contribution in [3.8, 4) is 0 Å². The molecule has 1 atom stereocenters. The van der Waals surface area contributed by atoms with Gasteiger partial charge in [0.05, 0.1) is 0 Å². The molecule has 0 aliphatic heterocycles. The quantitative estimate of drug-likeness (QED) is 0.823. The van der Waals surface area contributed by atoms with Gasteiger partial charge in [-0.3, -0.25) is 0 Å². The first-order chi connectivity index (χ1) is 8.25. The summed E-state index contributed by atoms with van der Waals surface area (Å²) in [6, 6.07) is 10.6. The van der Waals surface area contributed by atoms with Crippen LogP contribution in [0.15, 0.2) is 30.3 Å². The molecule has 1 aromatic carbocycles. The van der Waals surface area contributed by atoms with Crippen molar-refractivity contribution < 1.29 is 4.79 Å². The number of carbonyl (C=O) groups is 1. The molecule has 1 aliphatic rings. The number of benzene rings is 1. The molecular formula is C14H20N2O. The summed E-state index contributed by atoms with van der Waals surface area (Å²) in [5.41, 5.74) is 1.26. The fourth-order valence-electron chi connectivity index (χ4n) is 1.93. The minimum atomic E-state index is -0.0301. The smallest absolute Gasteiger partial charge is 0.315 e. The molecule has 0 radical (unpaired) electrons. The molecular weight excluding hydrogens is 212 g/mol. The Labute approximate surface area is 103 Å².